The molecule has 0 bridgehead atoms. The Bertz CT molecular complexity index is 1360. The van der Waals surface area contributed by atoms with Crippen LogP contribution in [0.5, 0.6) is 0 Å². The van der Waals surface area contributed by atoms with Crippen molar-refractivity contribution in [2.75, 3.05) is 0 Å². The molecule has 0 spiro atoms. The third kappa shape index (κ3) is 10.2. The largest absolute Gasteiger partial charge is 2.00 e. The van der Waals surface area contributed by atoms with Gasteiger partial charge >= 0.3 is 18.6 Å². The molecule has 4 fully saturated rings. The van der Waals surface area contributed by atoms with Gasteiger partial charge in [0, 0.05) is 0 Å². The third-order valence-corrected chi connectivity index (χ3v) is 12.0. The van der Waals surface area contributed by atoms with E-state index >= 15 is 0 Å². The van der Waals surface area contributed by atoms with Crippen molar-refractivity contribution in [3.05, 3.63) is 87.7 Å². The van der Waals surface area contributed by atoms with Gasteiger partial charge in [0.1, 0.15) is 0 Å². The molecule has 4 saturated carbocycles. The van der Waals surface area contributed by atoms with Crippen LogP contribution in [-0.4, -0.2) is 17.4 Å². The minimum atomic E-state index is 0. The normalized spacial score (nSPS) is 19.9. The molecule has 4 aliphatic carbocycles. The zero-order chi connectivity index (χ0) is 31.8. The number of benzene rings is 2. The molecular formula is C44H57Cl2N3V. The summed E-state index contributed by atoms with van der Waals surface area (Å²) in [5, 5.41) is 0. The van der Waals surface area contributed by atoms with Gasteiger partial charge in [-0.1, -0.05) is 113 Å². The number of nitrogens with zero attached hydrogens (tertiary/aromatic N) is 3. The topological polar surface area (TPSA) is 37.6 Å². The summed E-state index contributed by atoms with van der Waals surface area (Å²) in [6.07, 6.45) is 30.7. The van der Waals surface area contributed by atoms with E-state index < -0.39 is 0 Å². The summed E-state index contributed by atoms with van der Waals surface area (Å²) in [7, 11) is 0. The number of hydrogen-bond acceptors (Lipinski definition) is 3. The fourth-order valence-corrected chi connectivity index (χ4v) is 9.55. The second-order valence-corrected chi connectivity index (χ2v) is 15.4. The summed E-state index contributed by atoms with van der Waals surface area (Å²) in [5.41, 5.74) is 11.5. The first-order chi connectivity index (χ1) is 23.2. The number of pyridine rings is 1. The maximum Gasteiger partial charge on any atom is 2.00 e. The molecule has 0 amide bonds. The molecule has 1 radical (unpaired) electrons. The van der Waals surface area contributed by atoms with E-state index in [9.17, 15) is 0 Å². The van der Waals surface area contributed by atoms with Crippen molar-refractivity contribution in [1.29, 1.82) is 0 Å². The summed E-state index contributed by atoms with van der Waals surface area (Å²) >= 11 is 0. The predicted molar refractivity (Wildman–Crippen MR) is 200 cm³/mol. The Hall–Kier alpha value is -1.91. The Morgan fingerprint density at radius 2 is 0.760 bits per heavy atom. The monoisotopic (exact) mass is 748 g/mol. The Morgan fingerprint density at radius 3 is 1.04 bits per heavy atom. The molecule has 1 aromatic heterocycles. The first-order valence-corrected chi connectivity index (χ1v) is 19.6. The van der Waals surface area contributed by atoms with Crippen LogP contribution in [0, 0.1) is 6.92 Å². The molecule has 267 valence electrons. The standard InChI is InChI=1S/C44H57N3.2ClH.V/c1-32-28-37(30-45-43-39(33-16-6-2-7-17-33)24-14-25-40(43)34-18-8-3-9-19-34)47-38(29-32)31-46-44-41(35-20-10-4-11-21-35)26-15-27-42(44)36-22-12-5-13-23-36;;;/h14-15,24-31,33-36H,2-13,16-23H2,1H3;2*1H;/q;;;+2/p-2. The van der Waals surface area contributed by atoms with E-state index in [0.29, 0.717) is 23.7 Å². The van der Waals surface area contributed by atoms with Crippen LogP contribution in [0.3, 0.4) is 0 Å². The molecule has 2 aromatic carbocycles. The van der Waals surface area contributed by atoms with Crippen LogP contribution in [0.1, 0.15) is 191 Å². The van der Waals surface area contributed by atoms with Gasteiger partial charge in [0.15, 0.2) is 0 Å². The van der Waals surface area contributed by atoms with E-state index in [1.807, 2.05) is 0 Å². The molecule has 1 heterocycles. The molecule has 4 aliphatic rings. The molecule has 0 saturated heterocycles. The summed E-state index contributed by atoms with van der Waals surface area (Å²) in [6.45, 7) is 2.18. The first-order valence-electron chi connectivity index (χ1n) is 19.6. The van der Waals surface area contributed by atoms with Crippen molar-refractivity contribution in [2.45, 2.75) is 159 Å². The number of halogens is 2. The number of rotatable bonds is 8. The number of para-hydroxylation sites is 2. The molecule has 7 rings (SSSR count). The van der Waals surface area contributed by atoms with Crippen LogP contribution in [0.2, 0.25) is 0 Å². The minimum absolute atomic E-state index is 0. The van der Waals surface area contributed by atoms with Gasteiger partial charge in [-0.05, 0) is 122 Å². The van der Waals surface area contributed by atoms with E-state index in [4.69, 9.17) is 15.0 Å². The first kappa shape index (κ1) is 40.9. The van der Waals surface area contributed by atoms with E-state index in [-0.39, 0.29) is 43.4 Å². The fraction of sp³-hybridized carbons (Fsp3) is 0.568. The summed E-state index contributed by atoms with van der Waals surface area (Å²) < 4.78 is 0. The summed E-state index contributed by atoms with van der Waals surface area (Å²) in [6, 6.07) is 18.5. The van der Waals surface area contributed by atoms with Gasteiger partial charge in [0.05, 0.1) is 35.2 Å². The average Bonchev–Trinajstić information content (AvgIpc) is 3.14. The van der Waals surface area contributed by atoms with Gasteiger partial charge in [0.2, 0.25) is 0 Å². The number of aryl methyl sites for hydroxylation is 1. The number of hydrogen-bond donors (Lipinski definition) is 0. The van der Waals surface area contributed by atoms with Crippen molar-refractivity contribution >= 4 is 23.8 Å². The third-order valence-electron chi connectivity index (χ3n) is 12.0. The second kappa shape index (κ2) is 20.4. The summed E-state index contributed by atoms with van der Waals surface area (Å²) in [4.78, 5) is 15.8. The Labute approximate surface area is 327 Å². The van der Waals surface area contributed by atoms with Crippen molar-refractivity contribution in [2.24, 2.45) is 9.98 Å². The van der Waals surface area contributed by atoms with Gasteiger partial charge < -0.3 is 24.8 Å². The number of aromatic nitrogens is 1. The molecule has 3 nitrogen and oxygen atoms in total. The second-order valence-electron chi connectivity index (χ2n) is 15.4. The molecule has 3 aromatic rings. The van der Waals surface area contributed by atoms with E-state index in [0.717, 1.165) is 11.4 Å². The van der Waals surface area contributed by atoms with Crippen molar-refractivity contribution < 1.29 is 43.4 Å². The maximum atomic E-state index is 5.35. The van der Waals surface area contributed by atoms with Gasteiger partial charge in [-0.15, -0.1) is 0 Å². The van der Waals surface area contributed by atoms with Gasteiger partial charge in [-0.2, -0.15) is 0 Å². The molecule has 50 heavy (non-hydrogen) atoms. The van der Waals surface area contributed by atoms with Crippen LogP contribution < -0.4 is 24.8 Å². The predicted octanol–water partition coefficient (Wildman–Crippen LogP) is 7.09. The maximum absolute atomic E-state index is 5.35. The van der Waals surface area contributed by atoms with Gasteiger partial charge in [-0.25, -0.2) is 4.98 Å². The van der Waals surface area contributed by atoms with Crippen LogP contribution >= 0.6 is 0 Å². The van der Waals surface area contributed by atoms with Crippen molar-refractivity contribution in [3.63, 3.8) is 0 Å². The van der Waals surface area contributed by atoms with Crippen LogP contribution in [0.25, 0.3) is 0 Å². The molecular weight excluding hydrogens is 692 g/mol. The molecule has 0 atom stereocenters. The number of aliphatic imine (C=N–C) groups is 2. The Balaban J connectivity index is 0.00000187. The van der Waals surface area contributed by atoms with Crippen LogP contribution in [0.4, 0.5) is 11.4 Å². The molecule has 0 aliphatic heterocycles. The van der Waals surface area contributed by atoms with Gasteiger partial charge in [0.25, 0.3) is 0 Å². The zero-order valence-electron chi connectivity index (χ0n) is 30.3. The summed E-state index contributed by atoms with van der Waals surface area (Å²) in [5.74, 6) is 2.54. The molecule has 6 heteroatoms. The van der Waals surface area contributed by atoms with E-state index in [1.54, 1.807) is 0 Å². The van der Waals surface area contributed by atoms with Crippen LogP contribution in [0.15, 0.2) is 58.5 Å². The van der Waals surface area contributed by atoms with E-state index in [1.165, 1.54) is 168 Å². The fourth-order valence-electron chi connectivity index (χ4n) is 9.55. The zero-order valence-corrected chi connectivity index (χ0v) is 33.2. The quantitative estimate of drug-likeness (QED) is 0.227. The SMILES string of the molecule is Cc1cc(C=Nc2c(C3CCCCC3)cccc2C2CCCCC2)nc(C=Nc2c(C3CCCCC3)cccc2C2CCCCC2)c1.[Cl-].[Cl-].[V+2]. The smallest absolute Gasteiger partial charge is 1.00 e. The molecule has 0 N–H and O–H groups in total. The Morgan fingerprint density at radius 1 is 0.480 bits per heavy atom. The van der Waals surface area contributed by atoms with Crippen molar-refractivity contribution in [3.8, 4) is 0 Å². The van der Waals surface area contributed by atoms with Gasteiger partial charge in [-0.3, -0.25) is 9.98 Å². The van der Waals surface area contributed by atoms with Crippen LogP contribution in [-0.2, 0) is 18.6 Å². The molecule has 0 unspecified atom stereocenters. The van der Waals surface area contributed by atoms with Crippen molar-refractivity contribution in [1.82, 2.24) is 4.98 Å². The van der Waals surface area contributed by atoms with E-state index in [2.05, 4.69) is 67.9 Å². The average molecular weight is 750 g/mol. The minimum Gasteiger partial charge on any atom is -1.00 e. The Kier molecular flexibility index (Phi) is 16.6.